The van der Waals surface area contributed by atoms with E-state index in [2.05, 4.69) is 5.32 Å². The Morgan fingerprint density at radius 1 is 1.11 bits per heavy atom. The molecule has 1 aliphatic rings. The van der Waals surface area contributed by atoms with Crippen LogP contribution in [0.4, 0.5) is 21.9 Å². The zero-order valence-corrected chi connectivity index (χ0v) is 14.9. The maximum Gasteiger partial charge on any atom is 0.298 e. The number of non-ortho nitro benzene ring substituents is 1. The number of anilines is 2. The van der Waals surface area contributed by atoms with Crippen molar-refractivity contribution < 1.29 is 19.3 Å². The summed E-state index contributed by atoms with van der Waals surface area (Å²) in [4.78, 5) is 47.4. The summed E-state index contributed by atoms with van der Waals surface area (Å²) in [5, 5.41) is 12.9. The molecule has 0 unspecified atom stereocenters. The van der Waals surface area contributed by atoms with Crippen LogP contribution in [-0.4, -0.2) is 22.0 Å². The number of benzene rings is 2. The summed E-state index contributed by atoms with van der Waals surface area (Å²) in [6, 6.07) is 12.0. The van der Waals surface area contributed by atoms with Gasteiger partial charge in [-0.25, -0.2) is 4.90 Å². The van der Waals surface area contributed by atoms with Crippen LogP contribution in [0, 0.1) is 10.1 Å². The average molecular weight is 383 g/mol. The molecule has 27 heavy (non-hydrogen) atoms. The molecule has 2 aromatic carbocycles. The Hall–Kier alpha value is -3.46. The van der Waals surface area contributed by atoms with Gasteiger partial charge in [0.15, 0.2) is 0 Å². The van der Waals surface area contributed by atoms with Crippen molar-refractivity contribution in [3.63, 3.8) is 0 Å². The molecule has 0 aromatic heterocycles. The van der Waals surface area contributed by atoms with Crippen molar-refractivity contribution in [1.82, 2.24) is 0 Å². The topological polar surface area (TPSA) is 110 Å². The number of hydrogen-bond acceptors (Lipinski definition) is 6. The minimum absolute atomic E-state index is 0.0560. The van der Waals surface area contributed by atoms with Gasteiger partial charge in [0.05, 0.1) is 15.5 Å². The Morgan fingerprint density at radius 3 is 2.30 bits per heavy atom. The van der Waals surface area contributed by atoms with Crippen molar-refractivity contribution in [1.29, 1.82) is 0 Å². The molecule has 1 N–H and O–H groups in total. The number of nitro benzene ring substituents is 1. The first-order valence-corrected chi connectivity index (χ1v) is 8.57. The van der Waals surface area contributed by atoms with E-state index in [1.165, 1.54) is 37.3 Å². The van der Waals surface area contributed by atoms with Crippen LogP contribution in [-0.2, 0) is 9.59 Å². The van der Waals surface area contributed by atoms with Crippen molar-refractivity contribution in [2.75, 3.05) is 10.2 Å². The Bertz CT molecular complexity index is 967. The molecule has 3 amide bonds. The highest BCUT2D eigenvalue weighted by Gasteiger charge is 2.36. The smallest absolute Gasteiger partial charge is 0.298 e. The van der Waals surface area contributed by atoms with Crippen LogP contribution in [0.15, 0.2) is 53.4 Å². The fraction of sp³-hybridized carbons (Fsp3) is 0.0556. The lowest BCUT2D eigenvalue weighted by atomic mass is 10.2. The SMILES string of the molecule is CC(=O)Nc1ccc(N2C(=O)S/C(=C\c3ccc([N+](=O)[O-])cc3)C2=O)cc1. The van der Waals surface area contributed by atoms with Gasteiger partial charge in [0, 0.05) is 24.7 Å². The Balaban J connectivity index is 1.82. The van der Waals surface area contributed by atoms with Crippen molar-refractivity contribution in [2.45, 2.75) is 6.92 Å². The minimum atomic E-state index is -0.512. The van der Waals surface area contributed by atoms with Crippen molar-refractivity contribution in [2.24, 2.45) is 0 Å². The molecule has 0 atom stereocenters. The third kappa shape index (κ3) is 4.04. The van der Waals surface area contributed by atoms with Gasteiger partial charge in [0.2, 0.25) is 5.91 Å². The number of carbonyl (C=O) groups is 3. The fourth-order valence-corrected chi connectivity index (χ4v) is 3.27. The molecule has 0 radical (unpaired) electrons. The Morgan fingerprint density at radius 2 is 1.74 bits per heavy atom. The van der Waals surface area contributed by atoms with Gasteiger partial charge in [0.1, 0.15) is 0 Å². The first-order chi connectivity index (χ1) is 12.8. The molecule has 1 heterocycles. The van der Waals surface area contributed by atoms with Gasteiger partial charge in [-0.2, -0.15) is 0 Å². The van der Waals surface area contributed by atoms with E-state index in [1.54, 1.807) is 24.3 Å². The predicted octanol–water partition coefficient (Wildman–Crippen LogP) is 3.79. The number of carbonyl (C=O) groups excluding carboxylic acids is 3. The van der Waals surface area contributed by atoms with Crippen molar-refractivity contribution >= 4 is 52.0 Å². The van der Waals surface area contributed by atoms with Crippen LogP contribution < -0.4 is 10.2 Å². The molecule has 0 saturated carbocycles. The van der Waals surface area contributed by atoms with E-state index in [4.69, 9.17) is 0 Å². The summed E-state index contributed by atoms with van der Waals surface area (Å²) < 4.78 is 0. The van der Waals surface area contributed by atoms with Gasteiger partial charge < -0.3 is 5.32 Å². The minimum Gasteiger partial charge on any atom is -0.326 e. The van der Waals surface area contributed by atoms with Crippen molar-refractivity contribution in [3.05, 3.63) is 69.1 Å². The molecule has 1 fully saturated rings. The number of thioether (sulfide) groups is 1. The number of nitro groups is 1. The highest BCUT2D eigenvalue weighted by molar-refractivity contribution is 8.19. The van der Waals surface area contributed by atoms with Crippen LogP contribution in [0.5, 0.6) is 0 Å². The molecule has 2 aromatic rings. The van der Waals surface area contributed by atoms with E-state index >= 15 is 0 Å². The van der Waals surface area contributed by atoms with E-state index in [0.29, 0.717) is 16.9 Å². The summed E-state index contributed by atoms with van der Waals surface area (Å²) in [5.41, 5.74) is 1.46. The van der Waals surface area contributed by atoms with Crippen LogP contribution in [0.2, 0.25) is 0 Å². The molecule has 9 heteroatoms. The Labute approximate surface area is 158 Å². The second-order valence-electron chi connectivity index (χ2n) is 5.59. The zero-order valence-electron chi connectivity index (χ0n) is 14.0. The number of amides is 3. The average Bonchev–Trinajstić information content (AvgIpc) is 2.89. The number of rotatable bonds is 4. The summed E-state index contributed by atoms with van der Waals surface area (Å²) in [5.74, 6) is -0.699. The molecule has 3 rings (SSSR count). The second-order valence-corrected chi connectivity index (χ2v) is 6.59. The van der Waals surface area contributed by atoms with Gasteiger partial charge in [0.25, 0.3) is 16.8 Å². The predicted molar refractivity (Wildman–Crippen MR) is 102 cm³/mol. The maximum atomic E-state index is 12.6. The van der Waals surface area contributed by atoms with Crippen LogP contribution in [0.3, 0.4) is 0 Å². The normalized spacial score (nSPS) is 15.3. The Kier molecular flexibility index (Phi) is 5.04. The van der Waals surface area contributed by atoms with E-state index in [0.717, 1.165) is 16.7 Å². The molecule has 1 saturated heterocycles. The van der Waals surface area contributed by atoms with E-state index in [9.17, 15) is 24.5 Å². The van der Waals surface area contributed by atoms with Gasteiger partial charge in [-0.05, 0) is 59.8 Å². The van der Waals surface area contributed by atoms with E-state index in [1.807, 2.05) is 0 Å². The first kappa shape index (κ1) is 18.3. The molecule has 1 aliphatic heterocycles. The molecule has 136 valence electrons. The quantitative estimate of drug-likeness (QED) is 0.489. The molecule has 8 nitrogen and oxygen atoms in total. The lowest BCUT2D eigenvalue weighted by Crippen LogP contribution is -2.27. The second kappa shape index (κ2) is 7.42. The van der Waals surface area contributed by atoms with Gasteiger partial charge in [-0.15, -0.1) is 0 Å². The zero-order chi connectivity index (χ0) is 19.6. The number of hydrogen-bond donors (Lipinski definition) is 1. The number of nitrogens with zero attached hydrogens (tertiary/aromatic N) is 2. The summed E-state index contributed by atoms with van der Waals surface area (Å²) in [6.45, 7) is 1.38. The van der Waals surface area contributed by atoms with Gasteiger partial charge in [-0.3, -0.25) is 24.5 Å². The van der Waals surface area contributed by atoms with E-state index in [-0.39, 0.29) is 16.5 Å². The van der Waals surface area contributed by atoms with Crippen LogP contribution >= 0.6 is 11.8 Å². The summed E-state index contributed by atoms with van der Waals surface area (Å²) in [6.07, 6.45) is 1.51. The van der Waals surface area contributed by atoms with Crippen LogP contribution in [0.25, 0.3) is 6.08 Å². The highest BCUT2D eigenvalue weighted by atomic mass is 32.2. The van der Waals surface area contributed by atoms with Gasteiger partial charge in [-0.1, -0.05) is 0 Å². The van der Waals surface area contributed by atoms with Crippen molar-refractivity contribution in [3.8, 4) is 0 Å². The lowest BCUT2D eigenvalue weighted by Gasteiger charge is -2.13. The van der Waals surface area contributed by atoms with E-state index < -0.39 is 16.1 Å². The standard InChI is InChI=1S/C18H13N3O5S/c1-11(22)19-13-4-8-14(9-5-13)20-17(23)16(27-18(20)24)10-12-2-6-15(7-3-12)21(25)26/h2-10H,1H3,(H,19,22)/b16-10-. The highest BCUT2D eigenvalue weighted by Crippen LogP contribution is 2.36. The summed E-state index contributed by atoms with van der Waals surface area (Å²) >= 11 is 0.792. The molecular weight excluding hydrogens is 370 g/mol. The third-order valence-electron chi connectivity index (χ3n) is 3.64. The molecule has 0 bridgehead atoms. The maximum absolute atomic E-state index is 12.6. The summed E-state index contributed by atoms with van der Waals surface area (Å²) in [7, 11) is 0. The van der Waals surface area contributed by atoms with Crippen LogP contribution in [0.1, 0.15) is 12.5 Å². The number of nitrogens with one attached hydrogen (secondary N) is 1. The lowest BCUT2D eigenvalue weighted by molar-refractivity contribution is -0.384. The fourth-order valence-electron chi connectivity index (χ4n) is 2.43. The first-order valence-electron chi connectivity index (χ1n) is 7.75. The molecule has 0 spiro atoms. The molecule has 0 aliphatic carbocycles. The third-order valence-corrected chi connectivity index (χ3v) is 4.51. The number of imide groups is 1. The largest absolute Gasteiger partial charge is 0.326 e. The monoisotopic (exact) mass is 383 g/mol. The molecular formula is C18H13N3O5S. The van der Waals surface area contributed by atoms with Gasteiger partial charge >= 0.3 is 0 Å².